The van der Waals surface area contributed by atoms with E-state index in [1.54, 1.807) is 7.11 Å². The maximum Gasteiger partial charge on any atom is 0.119 e. The third kappa shape index (κ3) is 3.10. The van der Waals surface area contributed by atoms with Crippen molar-refractivity contribution in [3.05, 3.63) is 29.3 Å². The molecule has 19 heavy (non-hydrogen) atoms. The van der Waals surface area contributed by atoms with E-state index in [1.807, 2.05) is 6.07 Å². The molecule has 0 bridgehead atoms. The normalized spacial score (nSPS) is 23.0. The van der Waals surface area contributed by atoms with Gasteiger partial charge in [0.2, 0.25) is 0 Å². The van der Waals surface area contributed by atoms with E-state index in [4.69, 9.17) is 15.2 Å². The minimum Gasteiger partial charge on any atom is -0.497 e. The highest BCUT2D eigenvalue weighted by Crippen LogP contribution is 2.34. The molecule has 1 aromatic rings. The number of ether oxygens (including phenoxy) is 2. The highest BCUT2D eigenvalue weighted by Gasteiger charge is 2.31. The zero-order chi connectivity index (χ0) is 14.0. The molecule has 0 amide bonds. The predicted molar refractivity (Wildman–Crippen MR) is 77.5 cm³/mol. The molecule has 0 spiro atoms. The fraction of sp³-hybridized carbons (Fsp3) is 0.625. The summed E-state index contributed by atoms with van der Waals surface area (Å²) in [6, 6.07) is 6.11. The van der Waals surface area contributed by atoms with Crippen molar-refractivity contribution in [1.29, 1.82) is 0 Å². The van der Waals surface area contributed by atoms with Gasteiger partial charge < -0.3 is 15.2 Å². The summed E-state index contributed by atoms with van der Waals surface area (Å²) >= 11 is 0. The van der Waals surface area contributed by atoms with Gasteiger partial charge in [0, 0.05) is 0 Å². The highest BCUT2D eigenvalue weighted by atomic mass is 16.5. The Hall–Kier alpha value is -1.06. The van der Waals surface area contributed by atoms with Gasteiger partial charge in [-0.15, -0.1) is 0 Å². The molecule has 0 saturated heterocycles. The van der Waals surface area contributed by atoms with E-state index in [0.29, 0.717) is 0 Å². The molecule has 3 nitrogen and oxygen atoms in total. The standard InChI is InChI=1S/C16H25NO2/c1-5-16(2,3)19-14-9-6-11-10-12(18-4)7-8-13(11)15(14)17/h7-8,10,14-15H,5-6,9,17H2,1-4H3. The summed E-state index contributed by atoms with van der Waals surface area (Å²) in [6.45, 7) is 6.40. The molecular formula is C16H25NO2. The van der Waals surface area contributed by atoms with Crippen LogP contribution < -0.4 is 10.5 Å². The molecule has 3 heteroatoms. The van der Waals surface area contributed by atoms with E-state index in [9.17, 15) is 0 Å². The molecule has 0 aromatic heterocycles. The minimum absolute atomic E-state index is 0.0412. The van der Waals surface area contributed by atoms with Crippen LogP contribution in [0.4, 0.5) is 0 Å². The van der Waals surface area contributed by atoms with Gasteiger partial charge >= 0.3 is 0 Å². The van der Waals surface area contributed by atoms with Crippen LogP contribution in [0.15, 0.2) is 18.2 Å². The van der Waals surface area contributed by atoms with Crippen LogP contribution in [0.25, 0.3) is 0 Å². The molecule has 106 valence electrons. The first-order chi connectivity index (χ1) is 8.96. The Morgan fingerprint density at radius 3 is 2.74 bits per heavy atom. The monoisotopic (exact) mass is 263 g/mol. The molecular weight excluding hydrogens is 238 g/mol. The number of methoxy groups -OCH3 is 1. The lowest BCUT2D eigenvalue weighted by molar-refractivity contribution is -0.0888. The third-order valence-corrected chi connectivity index (χ3v) is 4.13. The van der Waals surface area contributed by atoms with Crippen LogP contribution in [-0.4, -0.2) is 18.8 Å². The summed E-state index contributed by atoms with van der Waals surface area (Å²) in [7, 11) is 1.69. The van der Waals surface area contributed by atoms with E-state index >= 15 is 0 Å². The topological polar surface area (TPSA) is 44.5 Å². The number of benzene rings is 1. The van der Waals surface area contributed by atoms with Crippen molar-refractivity contribution < 1.29 is 9.47 Å². The maximum absolute atomic E-state index is 6.38. The summed E-state index contributed by atoms with van der Waals surface area (Å²) in [5.41, 5.74) is 8.76. The summed E-state index contributed by atoms with van der Waals surface area (Å²) in [6.07, 6.45) is 3.08. The molecule has 2 N–H and O–H groups in total. The van der Waals surface area contributed by atoms with E-state index in [1.165, 1.54) is 11.1 Å². The van der Waals surface area contributed by atoms with Crippen LogP contribution in [0, 0.1) is 0 Å². The Morgan fingerprint density at radius 2 is 2.11 bits per heavy atom. The quantitative estimate of drug-likeness (QED) is 0.907. The van der Waals surface area contributed by atoms with Gasteiger partial charge in [0.05, 0.1) is 24.9 Å². The molecule has 0 fully saturated rings. The molecule has 1 aromatic carbocycles. The predicted octanol–water partition coefficient (Wildman–Crippen LogP) is 3.22. The molecule has 2 unspecified atom stereocenters. The molecule has 2 rings (SSSR count). The van der Waals surface area contributed by atoms with Gasteiger partial charge in [-0.3, -0.25) is 0 Å². The van der Waals surface area contributed by atoms with Crippen molar-refractivity contribution in [3.8, 4) is 5.75 Å². The smallest absolute Gasteiger partial charge is 0.119 e. The van der Waals surface area contributed by atoms with Gasteiger partial charge in [-0.1, -0.05) is 13.0 Å². The van der Waals surface area contributed by atoms with Crippen LogP contribution in [0.5, 0.6) is 5.75 Å². The van der Waals surface area contributed by atoms with Crippen molar-refractivity contribution in [2.45, 2.75) is 57.8 Å². The summed E-state index contributed by atoms with van der Waals surface area (Å²) < 4.78 is 11.5. The minimum atomic E-state index is -0.105. The Balaban J connectivity index is 2.18. The van der Waals surface area contributed by atoms with Crippen LogP contribution >= 0.6 is 0 Å². The zero-order valence-corrected chi connectivity index (χ0v) is 12.4. The van der Waals surface area contributed by atoms with Gasteiger partial charge in [-0.25, -0.2) is 0 Å². The first-order valence-electron chi connectivity index (χ1n) is 7.07. The number of nitrogens with two attached hydrogens (primary N) is 1. The number of hydrogen-bond acceptors (Lipinski definition) is 3. The van der Waals surface area contributed by atoms with Crippen LogP contribution in [0.3, 0.4) is 0 Å². The average Bonchev–Trinajstić information content (AvgIpc) is 2.41. The molecule has 0 aliphatic heterocycles. The first-order valence-corrected chi connectivity index (χ1v) is 7.07. The zero-order valence-electron chi connectivity index (χ0n) is 12.4. The summed E-state index contributed by atoms with van der Waals surface area (Å²) in [5.74, 6) is 0.902. The lowest BCUT2D eigenvalue weighted by Gasteiger charge is -2.37. The lowest BCUT2D eigenvalue weighted by atomic mass is 9.85. The van der Waals surface area contributed by atoms with Crippen molar-refractivity contribution in [2.75, 3.05) is 7.11 Å². The second-order valence-electron chi connectivity index (χ2n) is 5.90. The van der Waals surface area contributed by atoms with E-state index in [2.05, 4.69) is 32.9 Å². The van der Waals surface area contributed by atoms with Crippen molar-refractivity contribution >= 4 is 0 Å². The number of fused-ring (bicyclic) bond motifs is 1. The second-order valence-corrected chi connectivity index (χ2v) is 5.90. The molecule has 1 aliphatic carbocycles. The third-order valence-electron chi connectivity index (χ3n) is 4.13. The van der Waals surface area contributed by atoms with Crippen molar-refractivity contribution in [2.24, 2.45) is 5.73 Å². The Kier molecular flexibility index (Phi) is 4.16. The van der Waals surface area contributed by atoms with Crippen molar-refractivity contribution in [1.82, 2.24) is 0 Å². The lowest BCUT2D eigenvalue weighted by Crippen LogP contribution is -2.39. The Bertz CT molecular complexity index is 442. The maximum atomic E-state index is 6.38. The summed E-state index contributed by atoms with van der Waals surface area (Å²) in [5, 5.41) is 0. The molecule has 0 heterocycles. The number of rotatable bonds is 4. The van der Waals surface area contributed by atoms with Gasteiger partial charge in [-0.2, -0.15) is 0 Å². The number of hydrogen-bond donors (Lipinski definition) is 1. The Labute approximate surface area is 116 Å². The highest BCUT2D eigenvalue weighted by molar-refractivity contribution is 5.39. The first kappa shape index (κ1) is 14.4. The molecule has 1 aliphatic rings. The van der Waals surface area contributed by atoms with Gasteiger partial charge in [0.25, 0.3) is 0 Å². The van der Waals surface area contributed by atoms with E-state index < -0.39 is 0 Å². The van der Waals surface area contributed by atoms with E-state index in [0.717, 1.165) is 25.0 Å². The average molecular weight is 263 g/mol. The SMILES string of the molecule is CCC(C)(C)OC1CCc2cc(OC)ccc2C1N. The van der Waals surface area contributed by atoms with Crippen LogP contribution in [0.2, 0.25) is 0 Å². The fourth-order valence-corrected chi connectivity index (χ4v) is 2.55. The molecule has 0 radical (unpaired) electrons. The second kappa shape index (κ2) is 5.51. The van der Waals surface area contributed by atoms with E-state index in [-0.39, 0.29) is 17.7 Å². The summed E-state index contributed by atoms with van der Waals surface area (Å²) in [4.78, 5) is 0. The molecule has 2 atom stereocenters. The fourth-order valence-electron chi connectivity index (χ4n) is 2.55. The van der Waals surface area contributed by atoms with Crippen molar-refractivity contribution in [3.63, 3.8) is 0 Å². The largest absolute Gasteiger partial charge is 0.497 e. The van der Waals surface area contributed by atoms with Crippen LogP contribution in [-0.2, 0) is 11.2 Å². The molecule has 0 saturated carbocycles. The van der Waals surface area contributed by atoms with Gasteiger partial charge in [-0.05, 0) is 56.4 Å². The van der Waals surface area contributed by atoms with Gasteiger partial charge in [0.15, 0.2) is 0 Å². The van der Waals surface area contributed by atoms with Gasteiger partial charge in [0.1, 0.15) is 5.75 Å². The Morgan fingerprint density at radius 1 is 1.37 bits per heavy atom. The number of aryl methyl sites for hydroxylation is 1. The van der Waals surface area contributed by atoms with Crippen LogP contribution in [0.1, 0.15) is 50.8 Å².